The number of nitrogens with one attached hydrogen (secondary N) is 1. The van der Waals surface area contributed by atoms with Crippen molar-refractivity contribution >= 4 is 11.6 Å². The zero-order valence-electron chi connectivity index (χ0n) is 18.8. The summed E-state index contributed by atoms with van der Waals surface area (Å²) in [6.45, 7) is 2.03. The van der Waals surface area contributed by atoms with E-state index in [1.807, 2.05) is 49.4 Å². The summed E-state index contributed by atoms with van der Waals surface area (Å²) in [5, 5.41) is 2.88. The maximum atomic E-state index is 13.0. The summed E-state index contributed by atoms with van der Waals surface area (Å²) in [5.41, 5.74) is 5.81. The number of rotatable bonds is 8. The molecule has 1 unspecified atom stereocenters. The Morgan fingerprint density at radius 1 is 0.824 bits per heavy atom. The van der Waals surface area contributed by atoms with Crippen molar-refractivity contribution in [2.45, 2.75) is 32.1 Å². The van der Waals surface area contributed by atoms with E-state index in [0.29, 0.717) is 5.69 Å². The lowest BCUT2D eigenvalue weighted by Gasteiger charge is -2.17. The number of nitrogens with zero attached hydrogens (tertiary/aromatic N) is 2. The van der Waals surface area contributed by atoms with E-state index in [1.54, 1.807) is 48.8 Å². The standard InChI is InChI=1S/C28H25F2N3O/c1-19-7-5-6-10-23(19)27-26(31-17-18-32-27)21-11-13-22(14-12-21)33-28(34)24(15-16-25(29)30)20-8-3-2-4-9-20/h2-14,17-18,24-25H,15-16H2,1H3,(H,33,34). The molecule has 6 heteroatoms. The average molecular weight is 458 g/mol. The molecule has 3 aromatic carbocycles. The first kappa shape index (κ1) is 23.2. The lowest BCUT2D eigenvalue weighted by molar-refractivity contribution is -0.117. The summed E-state index contributed by atoms with van der Waals surface area (Å²) in [5.74, 6) is -0.956. The first-order valence-corrected chi connectivity index (χ1v) is 11.1. The van der Waals surface area contributed by atoms with Crippen molar-refractivity contribution in [3.8, 4) is 22.5 Å². The van der Waals surface area contributed by atoms with Gasteiger partial charge in [0.1, 0.15) is 0 Å². The van der Waals surface area contributed by atoms with Crippen molar-refractivity contribution in [1.82, 2.24) is 9.97 Å². The van der Waals surface area contributed by atoms with E-state index in [1.165, 1.54) is 0 Å². The Morgan fingerprint density at radius 3 is 2.15 bits per heavy atom. The van der Waals surface area contributed by atoms with E-state index in [2.05, 4.69) is 15.3 Å². The molecule has 1 atom stereocenters. The topological polar surface area (TPSA) is 54.9 Å². The van der Waals surface area contributed by atoms with Crippen LogP contribution in [0.2, 0.25) is 0 Å². The molecule has 0 aliphatic rings. The van der Waals surface area contributed by atoms with Crippen LogP contribution in [0.4, 0.5) is 14.5 Å². The molecule has 0 saturated carbocycles. The Balaban J connectivity index is 1.55. The lowest BCUT2D eigenvalue weighted by atomic mass is 9.93. The van der Waals surface area contributed by atoms with Gasteiger partial charge in [-0.25, -0.2) is 8.78 Å². The van der Waals surface area contributed by atoms with Gasteiger partial charge < -0.3 is 5.32 Å². The highest BCUT2D eigenvalue weighted by Gasteiger charge is 2.22. The predicted octanol–water partition coefficient (Wildman–Crippen LogP) is 6.89. The minimum absolute atomic E-state index is 0.0744. The van der Waals surface area contributed by atoms with Gasteiger partial charge in [-0.2, -0.15) is 0 Å². The van der Waals surface area contributed by atoms with Gasteiger partial charge >= 0.3 is 0 Å². The van der Waals surface area contributed by atoms with Crippen molar-refractivity contribution in [2.24, 2.45) is 0 Å². The molecular formula is C28H25F2N3O. The van der Waals surface area contributed by atoms with Gasteiger partial charge in [0.2, 0.25) is 12.3 Å². The van der Waals surface area contributed by atoms with E-state index in [9.17, 15) is 13.6 Å². The molecule has 0 bridgehead atoms. The fourth-order valence-electron chi connectivity index (χ4n) is 3.95. The fourth-order valence-corrected chi connectivity index (χ4v) is 3.95. The minimum Gasteiger partial charge on any atom is -0.326 e. The van der Waals surface area contributed by atoms with Crippen LogP contribution in [0.15, 0.2) is 91.3 Å². The Hall–Kier alpha value is -3.93. The number of carbonyl (C=O) groups excluding carboxylic acids is 1. The van der Waals surface area contributed by atoms with Gasteiger partial charge in [-0.1, -0.05) is 66.7 Å². The molecule has 0 saturated heterocycles. The third-order valence-electron chi connectivity index (χ3n) is 5.72. The van der Waals surface area contributed by atoms with E-state index in [4.69, 9.17) is 0 Å². The molecule has 4 aromatic rings. The molecule has 172 valence electrons. The van der Waals surface area contributed by atoms with Crippen LogP contribution in [-0.4, -0.2) is 22.3 Å². The molecule has 0 radical (unpaired) electrons. The van der Waals surface area contributed by atoms with Gasteiger partial charge in [-0.3, -0.25) is 14.8 Å². The van der Waals surface area contributed by atoms with Crippen LogP contribution in [0.3, 0.4) is 0 Å². The Kier molecular flexibility index (Phi) is 7.38. The molecule has 1 heterocycles. The number of amides is 1. The molecule has 34 heavy (non-hydrogen) atoms. The number of aryl methyl sites for hydroxylation is 1. The summed E-state index contributed by atoms with van der Waals surface area (Å²) in [4.78, 5) is 22.1. The van der Waals surface area contributed by atoms with Crippen molar-refractivity contribution < 1.29 is 13.6 Å². The number of hydrogen-bond donors (Lipinski definition) is 1. The molecule has 4 rings (SSSR count). The number of hydrogen-bond acceptors (Lipinski definition) is 3. The zero-order valence-corrected chi connectivity index (χ0v) is 18.8. The number of benzene rings is 3. The maximum Gasteiger partial charge on any atom is 0.238 e. The maximum absolute atomic E-state index is 13.0. The van der Waals surface area contributed by atoms with E-state index in [0.717, 1.165) is 33.6 Å². The molecule has 1 N–H and O–H groups in total. The van der Waals surface area contributed by atoms with Crippen molar-refractivity contribution in [2.75, 3.05) is 5.32 Å². The van der Waals surface area contributed by atoms with Gasteiger partial charge in [-0.05, 0) is 36.6 Å². The third-order valence-corrected chi connectivity index (χ3v) is 5.72. The van der Waals surface area contributed by atoms with Gasteiger partial charge in [-0.15, -0.1) is 0 Å². The second kappa shape index (κ2) is 10.8. The first-order valence-electron chi connectivity index (χ1n) is 11.1. The van der Waals surface area contributed by atoms with Gasteiger partial charge in [0.05, 0.1) is 17.3 Å². The first-order chi connectivity index (χ1) is 16.5. The highest BCUT2D eigenvalue weighted by Crippen LogP contribution is 2.31. The second-order valence-corrected chi connectivity index (χ2v) is 8.07. The number of aromatic nitrogens is 2. The van der Waals surface area contributed by atoms with Crippen LogP contribution in [-0.2, 0) is 4.79 Å². The van der Waals surface area contributed by atoms with Crippen LogP contribution in [0.25, 0.3) is 22.5 Å². The van der Waals surface area contributed by atoms with Crippen LogP contribution in [0, 0.1) is 6.92 Å². The summed E-state index contributed by atoms with van der Waals surface area (Å²) in [6, 6.07) is 24.4. The largest absolute Gasteiger partial charge is 0.326 e. The highest BCUT2D eigenvalue weighted by molar-refractivity contribution is 5.96. The van der Waals surface area contributed by atoms with E-state index < -0.39 is 12.3 Å². The molecule has 0 spiro atoms. The molecule has 0 aliphatic carbocycles. The van der Waals surface area contributed by atoms with E-state index >= 15 is 0 Å². The molecule has 1 amide bonds. The number of halogens is 2. The molecule has 0 aliphatic heterocycles. The van der Waals surface area contributed by atoms with Crippen molar-refractivity contribution in [1.29, 1.82) is 0 Å². The summed E-state index contributed by atoms with van der Waals surface area (Å²) in [7, 11) is 0. The summed E-state index contributed by atoms with van der Waals surface area (Å²) in [6.07, 6.45) is 0.613. The predicted molar refractivity (Wildman–Crippen MR) is 131 cm³/mol. The summed E-state index contributed by atoms with van der Waals surface area (Å²) < 4.78 is 25.7. The van der Waals surface area contributed by atoms with Crippen molar-refractivity contribution in [3.05, 3.63) is 102 Å². The van der Waals surface area contributed by atoms with E-state index in [-0.39, 0.29) is 18.7 Å². The molecule has 4 nitrogen and oxygen atoms in total. The van der Waals surface area contributed by atoms with Crippen LogP contribution < -0.4 is 5.32 Å². The monoisotopic (exact) mass is 457 g/mol. The fraction of sp³-hybridized carbons (Fsp3) is 0.179. The Bertz CT molecular complexity index is 1240. The van der Waals surface area contributed by atoms with Gasteiger partial charge in [0, 0.05) is 35.6 Å². The smallest absolute Gasteiger partial charge is 0.238 e. The van der Waals surface area contributed by atoms with Gasteiger partial charge in [0.15, 0.2) is 0 Å². The minimum atomic E-state index is -2.45. The number of carbonyl (C=O) groups is 1. The normalized spacial score (nSPS) is 11.9. The van der Waals surface area contributed by atoms with Crippen LogP contribution in [0.5, 0.6) is 0 Å². The second-order valence-electron chi connectivity index (χ2n) is 8.07. The SMILES string of the molecule is Cc1ccccc1-c1nccnc1-c1ccc(NC(=O)C(CCC(F)F)c2ccccc2)cc1. The van der Waals surface area contributed by atoms with Crippen LogP contribution >= 0.6 is 0 Å². The highest BCUT2D eigenvalue weighted by atomic mass is 19.3. The van der Waals surface area contributed by atoms with Crippen LogP contribution in [0.1, 0.15) is 29.9 Å². The number of anilines is 1. The quantitative estimate of drug-likeness (QED) is 0.314. The Morgan fingerprint density at radius 2 is 1.47 bits per heavy atom. The number of alkyl halides is 2. The summed E-state index contributed by atoms with van der Waals surface area (Å²) >= 11 is 0. The third kappa shape index (κ3) is 5.52. The van der Waals surface area contributed by atoms with Gasteiger partial charge in [0.25, 0.3) is 0 Å². The average Bonchev–Trinajstić information content (AvgIpc) is 2.85. The molecule has 0 fully saturated rings. The zero-order chi connectivity index (χ0) is 23.9. The molecular weight excluding hydrogens is 432 g/mol. The lowest BCUT2D eigenvalue weighted by Crippen LogP contribution is -2.21. The van der Waals surface area contributed by atoms with Crippen molar-refractivity contribution in [3.63, 3.8) is 0 Å². The molecule has 1 aromatic heterocycles. The Labute approximate surface area is 197 Å².